The lowest BCUT2D eigenvalue weighted by Crippen LogP contribution is -2.14. The van der Waals surface area contributed by atoms with Crippen molar-refractivity contribution < 1.29 is 9.53 Å². The SMILES string of the molecule is Cc1ccccc1NC(=O)/C(C#N)=C\c1cc(Br)c(OCC#N)c(Br)c1. The van der Waals surface area contributed by atoms with Crippen molar-refractivity contribution in [1.82, 2.24) is 0 Å². The summed E-state index contributed by atoms with van der Waals surface area (Å²) in [5.74, 6) is -0.00887. The van der Waals surface area contributed by atoms with Gasteiger partial charge in [0, 0.05) is 5.69 Å². The molecule has 0 atom stereocenters. The molecule has 0 fully saturated rings. The fourth-order valence-corrected chi connectivity index (χ4v) is 3.57. The lowest BCUT2D eigenvalue weighted by Gasteiger charge is -2.09. The second kappa shape index (κ2) is 9.19. The molecule has 130 valence electrons. The molecule has 0 heterocycles. The van der Waals surface area contributed by atoms with Gasteiger partial charge in [-0.1, -0.05) is 18.2 Å². The van der Waals surface area contributed by atoms with Crippen LogP contribution < -0.4 is 10.1 Å². The molecule has 1 amide bonds. The Labute approximate surface area is 168 Å². The predicted octanol–water partition coefficient (Wildman–Crippen LogP) is 4.97. The number of anilines is 1. The molecule has 0 unspecified atom stereocenters. The first-order valence-electron chi connectivity index (χ1n) is 7.44. The molecule has 7 heteroatoms. The third-order valence-electron chi connectivity index (χ3n) is 3.37. The molecule has 0 spiro atoms. The van der Waals surface area contributed by atoms with E-state index in [1.165, 1.54) is 6.08 Å². The summed E-state index contributed by atoms with van der Waals surface area (Å²) in [7, 11) is 0. The van der Waals surface area contributed by atoms with Crippen LogP contribution in [0.25, 0.3) is 6.08 Å². The summed E-state index contributed by atoms with van der Waals surface area (Å²) in [5, 5.41) is 20.7. The van der Waals surface area contributed by atoms with Crippen LogP contribution in [0.4, 0.5) is 5.69 Å². The fourth-order valence-electron chi connectivity index (χ4n) is 2.12. The lowest BCUT2D eigenvalue weighted by atomic mass is 10.1. The van der Waals surface area contributed by atoms with E-state index in [9.17, 15) is 10.1 Å². The highest BCUT2D eigenvalue weighted by Crippen LogP contribution is 2.35. The maximum absolute atomic E-state index is 12.4. The Morgan fingerprint density at radius 1 is 1.23 bits per heavy atom. The van der Waals surface area contributed by atoms with E-state index >= 15 is 0 Å². The number of nitriles is 2. The van der Waals surface area contributed by atoms with Gasteiger partial charge >= 0.3 is 0 Å². The molecule has 0 bridgehead atoms. The van der Waals surface area contributed by atoms with Crippen molar-refractivity contribution in [3.63, 3.8) is 0 Å². The monoisotopic (exact) mass is 473 g/mol. The van der Waals surface area contributed by atoms with E-state index in [0.29, 0.717) is 25.9 Å². The number of aryl methyl sites for hydroxylation is 1. The number of nitrogens with one attached hydrogen (secondary N) is 1. The number of ether oxygens (including phenoxy) is 1. The predicted molar refractivity (Wildman–Crippen MR) is 106 cm³/mol. The highest BCUT2D eigenvalue weighted by molar-refractivity contribution is 9.11. The van der Waals surface area contributed by atoms with Crippen LogP contribution in [0.15, 0.2) is 50.9 Å². The molecule has 0 aliphatic carbocycles. The molecular formula is C19H13Br2N3O2. The highest BCUT2D eigenvalue weighted by atomic mass is 79.9. The average molecular weight is 475 g/mol. The second-order valence-electron chi connectivity index (χ2n) is 5.20. The summed E-state index contributed by atoms with van der Waals surface area (Å²) >= 11 is 6.73. The molecule has 0 saturated heterocycles. The minimum absolute atomic E-state index is 0.0299. The molecule has 0 aliphatic heterocycles. The van der Waals surface area contributed by atoms with Gasteiger partial charge in [-0.2, -0.15) is 10.5 Å². The Bertz CT molecular complexity index is 933. The number of benzene rings is 2. The number of amides is 1. The summed E-state index contributed by atoms with van der Waals surface area (Å²) in [6.45, 7) is 1.79. The van der Waals surface area contributed by atoms with Crippen molar-refractivity contribution >= 4 is 49.5 Å². The Kier molecular flexibility index (Phi) is 6.97. The molecule has 2 aromatic rings. The quantitative estimate of drug-likeness (QED) is 0.489. The normalized spacial score (nSPS) is 10.6. The van der Waals surface area contributed by atoms with Crippen molar-refractivity contribution in [3.05, 3.63) is 62.0 Å². The number of hydrogen-bond acceptors (Lipinski definition) is 4. The van der Waals surface area contributed by atoms with Crippen LogP contribution in [-0.4, -0.2) is 12.5 Å². The van der Waals surface area contributed by atoms with E-state index in [1.54, 1.807) is 18.2 Å². The van der Waals surface area contributed by atoms with Crippen LogP contribution in [0, 0.1) is 29.6 Å². The van der Waals surface area contributed by atoms with Gasteiger partial charge in [-0.05, 0) is 74.2 Å². The van der Waals surface area contributed by atoms with E-state index in [1.807, 2.05) is 37.3 Å². The smallest absolute Gasteiger partial charge is 0.266 e. The Hall–Kier alpha value is -2.61. The van der Waals surface area contributed by atoms with Gasteiger partial charge < -0.3 is 10.1 Å². The maximum Gasteiger partial charge on any atom is 0.266 e. The summed E-state index contributed by atoms with van der Waals surface area (Å²) in [6.07, 6.45) is 1.48. The fraction of sp³-hybridized carbons (Fsp3) is 0.105. The average Bonchev–Trinajstić information content (AvgIpc) is 2.61. The van der Waals surface area contributed by atoms with Crippen LogP contribution in [0.2, 0.25) is 0 Å². The zero-order valence-corrected chi connectivity index (χ0v) is 16.9. The third kappa shape index (κ3) is 4.95. The summed E-state index contributed by atoms with van der Waals surface area (Å²) in [6, 6.07) is 14.6. The van der Waals surface area contributed by atoms with E-state index in [2.05, 4.69) is 37.2 Å². The first-order valence-corrected chi connectivity index (χ1v) is 9.02. The van der Waals surface area contributed by atoms with Crippen LogP contribution in [0.5, 0.6) is 5.75 Å². The van der Waals surface area contributed by atoms with E-state index in [4.69, 9.17) is 10.00 Å². The Balaban J connectivity index is 2.28. The number of rotatable bonds is 5. The van der Waals surface area contributed by atoms with Gasteiger partial charge in [-0.25, -0.2) is 0 Å². The van der Waals surface area contributed by atoms with Gasteiger partial charge in [0.2, 0.25) is 0 Å². The summed E-state index contributed by atoms with van der Waals surface area (Å²) < 4.78 is 6.53. The number of halogens is 2. The molecule has 26 heavy (non-hydrogen) atoms. The van der Waals surface area contributed by atoms with E-state index in [0.717, 1.165) is 5.56 Å². The first kappa shape index (κ1) is 19.7. The molecule has 2 aromatic carbocycles. The molecule has 0 radical (unpaired) electrons. The van der Waals surface area contributed by atoms with Gasteiger partial charge in [0.05, 0.1) is 8.95 Å². The van der Waals surface area contributed by atoms with Crippen LogP contribution in [0.1, 0.15) is 11.1 Å². The minimum atomic E-state index is -0.487. The van der Waals surface area contributed by atoms with Crippen LogP contribution in [0.3, 0.4) is 0 Å². The van der Waals surface area contributed by atoms with Gasteiger partial charge in [0.1, 0.15) is 23.5 Å². The molecule has 0 aromatic heterocycles. The number of carbonyl (C=O) groups excluding carboxylic acids is 1. The van der Waals surface area contributed by atoms with Crippen molar-refractivity contribution in [1.29, 1.82) is 10.5 Å². The van der Waals surface area contributed by atoms with E-state index in [-0.39, 0.29) is 12.2 Å². The minimum Gasteiger partial charge on any atom is -0.476 e. The van der Waals surface area contributed by atoms with Gasteiger partial charge in [0.25, 0.3) is 5.91 Å². The van der Waals surface area contributed by atoms with Crippen molar-refractivity contribution in [2.45, 2.75) is 6.92 Å². The van der Waals surface area contributed by atoms with Crippen molar-refractivity contribution in [2.75, 3.05) is 11.9 Å². The zero-order valence-electron chi connectivity index (χ0n) is 13.7. The van der Waals surface area contributed by atoms with Crippen LogP contribution in [-0.2, 0) is 4.79 Å². The van der Waals surface area contributed by atoms with Gasteiger partial charge in [-0.3, -0.25) is 4.79 Å². The molecule has 2 rings (SSSR count). The third-order valence-corrected chi connectivity index (χ3v) is 4.55. The van der Waals surface area contributed by atoms with E-state index < -0.39 is 5.91 Å². The second-order valence-corrected chi connectivity index (χ2v) is 6.91. The topological polar surface area (TPSA) is 85.9 Å². The molecule has 5 nitrogen and oxygen atoms in total. The van der Waals surface area contributed by atoms with Gasteiger partial charge in [0.15, 0.2) is 6.61 Å². The first-order chi connectivity index (χ1) is 12.5. The number of carbonyl (C=O) groups is 1. The Morgan fingerprint density at radius 2 is 1.88 bits per heavy atom. The molecule has 0 aliphatic rings. The molecule has 0 saturated carbocycles. The zero-order chi connectivity index (χ0) is 19.1. The maximum atomic E-state index is 12.4. The number of para-hydroxylation sites is 1. The van der Waals surface area contributed by atoms with Gasteiger partial charge in [-0.15, -0.1) is 0 Å². The summed E-state index contributed by atoms with van der Waals surface area (Å²) in [4.78, 5) is 12.4. The van der Waals surface area contributed by atoms with Crippen molar-refractivity contribution in [2.24, 2.45) is 0 Å². The molecular weight excluding hydrogens is 462 g/mol. The highest BCUT2D eigenvalue weighted by Gasteiger charge is 2.13. The number of hydrogen-bond donors (Lipinski definition) is 1. The van der Waals surface area contributed by atoms with Crippen molar-refractivity contribution in [3.8, 4) is 17.9 Å². The Morgan fingerprint density at radius 3 is 2.46 bits per heavy atom. The largest absolute Gasteiger partial charge is 0.476 e. The standard InChI is InChI=1S/C19H13Br2N3O2/c1-12-4-2-3-5-17(12)24-19(25)14(11-23)8-13-9-15(20)18(16(21)10-13)26-7-6-22/h2-5,8-10H,7H2,1H3,(H,24,25)/b14-8-. The summed E-state index contributed by atoms with van der Waals surface area (Å²) in [5.41, 5.74) is 2.16. The lowest BCUT2D eigenvalue weighted by molar-refractivity contribution is -0.112. The molecule has 1 N–H and O–H groups in total. The number of nitrogens with zero attached hydrogens (tertiary/aromatic N) is 2. The van der Waals surface area contributed by atoms with Crippen LogP contribution >= 0.6 is 31.9 Å².